The molecule has 0 aliphatic rings. The van der Waals surface area contributed by atoms with Crippen LogP contribution in [0.1, 0.15) is 10.4 Å². The number of hydrogen-bond donors (Lipinski definition) is 1. The highest BCUT2D eigenvalue weighted by atomic mass is 19.1. The third-order valence-electron chi connectivity index (χ3n) is 2.93. The number of carbonyl (C=O) groups is 1. The molecule has 0 fully saturated rings. The van der Waals surface area contributed by atoms with Gasteiger partial charge in [-0.2, -0.15) is 0 Å². The second kappa shape index (κ2) is 5.72. The fourth-order valence-corrected chi connectivity index (χ4v) is 1.85. The van der Waals surface area contributed by atoms with Gasteiger partial charge in [0, 0.05) is 17.2 Å². The van der Waals surface area contributed by atoms with E-state index in [1.807, 2.05) is 0 Å². The number of nitrogens with one attached hydrogen (secondary N) is 1. The van der Waals surface area contributed by atoms with E-state index in [2.05, 4.69) is 15.5 Å². The van der Waals surface area contributed by atoms with Crippen molar-refractivity contribution in [3.05, 3.63) is 66.1 Å². The van der Waals surface area contributed by atoms with E-state index in [-0.39, 0.29) is 5.69 Å². The summed E-state index contributed by atoms with van der Waals surface area (Å²) in [4.78, 5) is 12.0. The van der Waals surface area contributed by atoms with Crippen LogP contribution < -0.4 is 5.32 Å². The molecule has 1 aromatic heterocycles. The Morgan fingerprint density at radius 1 is 1.09 bits per heavy atom. The Kier molecular flexibility index (Phi) is 3.61. The number of rotatable bonds is 3. The Balaban J connectivity index is 1.77. The highest BCUT2D eigenvalue weighted by Crippen LogP contribution is 2.19. The maximum atomic E-state index is 13.5. The molecule has 110 valence electrons. The Morgan fingerprint density at radius 3 is 2.50 bits per heavy atom. The van der Waals surface area contributed by atoms with E-state index in [1.54, 1.807) is 12.1 Å². The van der Waals surface area contributed by atoms with Gasteiger partial charge in [0.05, 0.1) is 5.69 Å². The molecule has 0 saturated heterocycles. The average Bonchev–Trinajstić information content (AvgIpc) is 3.04. The highest BCUT2D eigenvalue weighted by molar-refractivity contribution is 6.04. The van der Waals surface area contributed by atoms with Crippen LogP contribution in [0.5, 0.6) is 0 Å². The number of anilines is 1. The van der Waals surface area contributed by atoms with Crippen LogP contribution in [0.3, 0.4) is 0 Å². The quantitative estimate of drug-likeness (QED) is 0.806. The van der Waals surface area contributed by atoms with E-state index < -0.39 is 17.5 Å². The van der Waals surface area contributed by atoms with Crippen molar-refractivity contribution in [1.82, 2.24) is 10.2 Å². The minimum absolute atomic E-state index is 0.0904. The highest BCUT2D eigenvalue weighted by Gasteiger charge is 2.11. The van der Waals surface area contributed by atoms with Gasteiger partial charge in [-0.05, 0) is 36.4 Å². The second-order valence-corrected chi connectivity index (χ2v) is 4.40. The molecular formula is C15H9F2N3O2. The number of nitrogens with zero attached hydrogens (tertiary/aromatic N) is 2. The summed E-state index contributed by atoms with van der Waals surface area (Å²) in [5, 5.41) is 9.68. The van der Waals surface area contributed by atoms with E-state index in [9.17, 15) is 13.6 Å². The third-order valence-corrected chi connectivity index (χ3v) is 2.93. The normalized spacial score (nSPS) is 10.5. The molecule has 1 heterocycles. The summed E-state index contributed by atoms with van der Waals surface area (Å²) in [6.45, 7) is 0. The van der Waals surface area contributed by atoms with Crippen molar-refractivity contribution in [1.29, 1.82) is 0 Å². The van der Waals surface area contributed by atoms with Crippen molar-refractivity contribution in [2.45, 2.75) is 0 Å². The Morgan fingerprint density at radius 2 is 1.86 bits per heavy atom. The summed E-state index contributed by atoms with van der Waals surface area (Å²) in [7, 11) is 0. The lowest BCUT2D eigenvalue weighted by atomic mass is 10.1. The number of carbonyl (C=O) groups excluding carboxylic acids is 1. The predicted octanol–water partition coefficient (Wildman–Crippen LogP) is 3.27. The van der Waals surface area contributed by atoms with E-state index in [0.29, 0.717) is 23.1 Å². The molecule has 0 radical (unpaired) electrons. The molecule has 0 bridgehead atoms. The fraction of sp³-hybridized carbons (Fsp3) is 0. The molecule has 22 heavy (non-hydrogen) atoms. The molecule has 1 amide bonds. The van der Waals surface area contributed by atoms with Crippen molar-refractivity contribution in [2.24, 2.45) is 0 Å². The van der Waals surface area contributed by atoms with E-state index >= 15 is 0 Å². The maximum Gasteiger partial charge on any atom is 0.255 e. The fourth-order valence-electron chi connectivity index (χ4n) is 1.85. The van der Waals surface area contributed by atoms with Crippen LogP contribution in [0.25, 0.3) is 11.5 Å². The molecule has 3 aromatic rings. The van der Waals surface area contributed by atoms with Gasteiger partial charge in [-0.1, -0.05) is 0 Å². The van der Waals surface area contributed by atoms with Crippen LogP contribution in [0.4, 0.5) is 14.5 Å². The van der Waals surface area contributed by atoms with Gasteiger partial charge >= 0.3 is 0 Å². The summed E-state index contributed by atoms with van der Waals surface area (Å²) in [5.41, 5.74) is 0.876. The van der Waals surface area contributed by atoms with Crippen LogP contribution >= 0.6 is 0 Å². The standard InChI is InChI=1S/C15H9F2N3O2/c16-11-5-6-13(12(17)7-11)19-14(21)9-1-3-10(4-2-9)15-20-18-8-22-15/h1-8H,(H,19,21). The van der Waals surface area contributed by atoms with Gasteiger partial charge in [0.15, 0.2) is 0 Å². The lowest BCUT2D eigenvalue weighted by Gasteiger charge is -2.06. The van der Waals surface area contributed by atoms with Gasteiger partial charge in [0.25, 0.3) is 5.91 Å². The molecule has 7 heteroatoms. The SMILES string of the molecule is O=C(Nc1ccc(F)cc1F)c1ccc(-c2nnco2)cc1. The van der Waals surface area contributed by atoms with E-state index in [1.165, 1.54) is 18.5 Å². The van der Waals surface area contributed by atoms with Crippen LogP contribution in [-0.4, -0.2) is 16.1 Å². The van der Waals surface area contributed by atoms with Crippen LogP contribution in [-0.2, 0) is 0 Å². The first-order valence-corrected chi connectivity index (χ1v) is 6.26. The lowest BCUT2D eigenvalue weighted by molar-refractivity contribution is 0.102. The lowest BCUT2D eigenvalue weighted by Crippen LogP contribution is -2.13. The number of halogens is 2. The zero-order valence-corrected chi connectivity index (χ0v) is 11.1. The molecule has 0 aliphatic heterocycles. The molecule has 0 atom stereocenters. The van der Waals surface area contributed by atoms with Crippen molar-refractivity contribution in [2.75, 3.05) is 5.32 Å². The molecular weight excluding hydrogens is 292 g/mol. The molecule has 2 aromatic carbocycles. The molecule has 0 unspecified atom stereocenters. The van der Waals surface area contributed by atoms with Gasteiger partial charge in [-0.15, -0.1) is 10.2 Å². The molecule has 1 N–H and O–H groups in total. The van der Waals surface area contributed by atoms with E-state index in [0.717, 1.165) is 12.1 Å². The van der Waals surface area contributed by atoms with Gasteiger partial charge in [-0.3, -0.25) is 4.79 Å². The topological polar surface area (TPSA) is 68.0 Å². The molecule has 0 spiro atoms. The molecule has 0 saturated carbocycles. The third kappa shape index (κ3) is 2.83. The molecule has 0 aliphatic carbocycles. The van der Waals surface area contributed by atoms with Crippen LogP contribution in [0.15, 0.2) is 53.3 Å². The van der Waals surface area contributed by atoms with Crippen molar-refractivity contribution in [3.63, 3.8) is 0 Å². The summed E-state index contributed by atoms with van der Waals surface area (Å²) in [6.07, 6.45) is 1.20. The minimum Gasteiger partial charge on any atom is -0.423 e. The number of benzene rings is 2. The first-order chi connectivity index (χ1) is 10.6. The number of hydrogen-bond acceptors (Lipinski definition) is 4. The smallest absolute Gasteiger partial charge is 0.255 e. The van der Waals surface area contributed by atoms with Gasteiger partial charge in [-0.25, -0.2) is 8.78 Å². The number of amides is 1. The monoisotopic (exact) mass is 301 g/mol. The van der Waals surface area contributed by atoms with Crippen LogP contribution in [0.2, 0.25) is 0 Å². The zero-order chi connectivity index (χ0) is 15.5. The maximum absolute atomic E-state index is 13.5. The average molecular weight is 301 g/mol. The summed E-state index contributed by atoms with van der Waals surface area (Å²) >= 11 is 0. The molecule has 5 nitrogen and oxygen atoms in total. The number of aromatic nitrogens is 2. The van der Waals surface area contributed by atoms with Crippen molar-refractivity contribution in [3.8, 4) is 11.5 Å². The summed E-state index contributed by atoms with van der Waals surface area (Å²) < 4.78 is 31.3. The zero-order valence-electron chi connectivity index (χ0n) is 11.1. The Bertz CT molecular complexity index is 802. The van der Waals surface area contributed by atoms with Gasteiger partial charge < -0.3 is 9.73 Å². The Labute approximate surface area is 123 Å². The van der Waals surface area contributed by atoms with Gasteiger partial charge in [0.1, 0.15) is 11.6 Å². The first-order valence-electron chi connectivity index (χ1n) is 6.26. The molecule has 3 rings (SSSR count). The summed E-state index contributed by atoms with van der Waals surface area (Å²) in [5.74, 6) is -1.73. The van der Waals surface area contributed by atoms with Gasteiger partial charge in [0.2, 0.25) is 12.3 Å². The summed E-state index contributed by atoms with van der Waals surface area (Å²) in [6, 6.07) is 9.26. The van der Waals surface area contributed by atoms with Crippen molar-refractivity contribution < 1.29 is 18.0 Å². The Hall–Kier alpha value is -3.09. The van der Waals surface area contributed by atoms with Crippen molar-refractivity contribution >= 4 is 11.6 Å². The van der Waals surface area contributed by atoms with Crippen LogP contribution in [0, 0.1) is 11.6 Å². The first kappa shape index (κ1) is 13.9. The second-order valence-electron chi connectivity index (χ2n) is 4.40. The minimum atomic E-state index is -0.837. The predicted molar refractivity (Wildman–Crippen MR) is 74.0 cm³/mol. The largest absolute Gasteiger partial charge is 0.423 e. The van der Waals surface area contributed by atoms with E-state index in [4.69, 9.17) is 4.42 Å².